The molecule has 0 bridgehead atoms. The SMILES string of the molecule is CC(=O)N(C)c1nc(C(C)C)c(-n2c(=O)nc(N3C[C@@H](C)N(C(=O)OC(C)(C)C)C[C@@H]3C)c3cc(Cl)c(-c4ccccc4F)nc32)c(C(C)C)n1. The number of piperazine rings is 1. The predicted octanol–water partition coefficient (Wildman–Crippen LogP) is 7.09. The minimum Gasteiger partial charge on any atom is -0.444 e. The average molecular weight is 721 g/mol. The number of benzene rings is 1. The number of pyridine rings is 1. The van der Waals surface area contributed by atoms with Crippen molar-refractivity contribution in [2.24, 2.45) is 0 Å². The van der Waals surface area contributed by atoms with Crippen molar-refractivity contribution in [1.82, 2.24) is 29.4 Å². The monoisotopic (exact) mass is 720 g/mol. The number of hydrogen-bond donors (Lipinski definition) is 0. The third-order valence-corrected chi connectivity index (χ3v) is 9.12. The summed E-state index contributed by atoms with van der Waals surface area (Å²) in [5.74, 6) is -0.686. The number of fused-ring (bicyclic) bond motifs is 1. The third kappa shape index (κ3) is 7.40. The molecule has 4 heterocycles. The lowest BCUT2D eigenvalue weighted by atomic mass is 10.0. The lowest BCUT2D eigenvalue weighted by Crippen LogP contribution is -2.59. The van der Waals surface area contributed by atoms with Gasteiger partial charge in [-0.2, -0.15) is 4.98 Å². The van der Waals surface area contributed by atoms with Gasteiger partial charge in [-0.15, -0.1) is 0 Å². The number of nitrogens with zero attached hydrogens (tertiary/aromatic N) is 8. The van der Waals surface area contributed by atoms with E-state index in [2.05, 4.69) is 4.98 Å². The fourth-order valence-electron chi connectivity index (χ4n) is 6.17. The van der Waals surface area contributed by atoms with Crippen LogP contribution in [0.25, 0.3) is 28.0 Å². The van der Waals surface area contributed by atoms with Crippen molar-refractivity contribution < 1.29 is 18.7 Å². The molecule has 12 nitrogen and oxygen atoms in total. The van der Waals surface area contributed by atoms with Crippen molar-refractivity contribution in [3.8, 4) is 16.9 Å². The second-order valence-corrected chi connectivity index (χ2v) is 15.1. The molecule has 2 atom stereocenters. The van der Waals surface area contributed by atoms with Crippen LogP contribution in [0, 0.1) is 5.82 Å². The van der Waals surface area contributed by atoms with Crippen LogP contribution in [0.3, 0.4) is 0 Å². The number of amides is 2. The van der Waals surface area contributed by atoms with Gasteiger partial charge in [-0.3, -0.25) is 9.69 Å². The Hall–Kier alpha value is -4.65. The summed E-state index contributed by atoms with van der Waals surface area (Å²) in [5.41, 5.74) is 0.583. The van der Waals surface area contributed by atoms with Crippen LogP contribution in [-0.4, -0.2) is 79.2 Å². The molecule has 272 valence electrons. The van der Waals surface area contributed by atoms with Gasteiger partial charge in [-0.1, -0.05) is 51.4 Å². The molecule has 0 aliphatic carbocycles. The van der Waals surface area contributed by atoms with E-state index in [4.69, 9.17) is 31.3 Å². The number of carbonyl (C=O) groups is 2. The Kier molecular flexibility index (Phi) is 10.4. The molecule has 1 aliphatic rings. The van der Waals surface area contributed by atoms with E-state index < -0.39 is 23.2 Å². The molecule has 51 heavy (non-hydrogen) atoms. The molecule has 0 radical (unpaired) electrons. The summed E-state index contributed by atoms with van der Waals surface area (Å²) in [6.07, 6.45) is -0.421. The standard InChI is InChI=1S/C37H46ClFN8O4/c1-19(2)28-31(29(20(3)4)42-34(41-28)44(11)23(7)48)47-33-25(16-26(38)30(40-33)24-14-12-13-15-27(24)39)32(43-35(47)49)45-17-22(6)46(18-21(45)5)36(50)51-37(8,9)10/h12-16,19-22H,17-18H2,1-11H3/t21-,22+/m0/s1. The Balaban J connectivity index is 1.82. The zero-order valence-corrected chi connectivity index (χ0v) is 31.8. The summed E-state index contributed by atoms with van der Waals surface area (Å²) in [5, 5.41) is 0.607. The Morgan fingerprint density at radius 2 is 1.59 bits per heavy atom. The van der Waals surface area contributed by atoms with Crippen LogP contribution in [0.4, 0.5) is 21.0 Å². The summed E-state index contributed by atoms with van der Waals surface area (Å²) in [7, 11) is 1.60. The van der Waals surface area contributed by atoms with Crippen LogP contribution in [0.1, 0.15) is 92.5 Å². The normalized spacial score (nSPS) is 16.7. The van der Waals surface area contributed by atoms with Gasteiger partial charge >= 0.3 is 11.8 Å². The van der Waals surface area contributed by atoms with Crippen molar-refractivity contribution in [2.75, 3.05) is 29.9 Å². The van der Waals surface area contributed by atoms with E-state index in [1.54, 1.807) is 36.2 Å². The number of ether oxygens (including phenoxy) is 1. The maximum atomic E-state index is 15.3. The van der Waals surface area contributed by atoms with Crippen molar-refractivity contribution in [1.29, 1.82) is 0 Å². The highest BCUT2D eigenvalue weighted by Crippen LogP contribution is 2.38. The molecule has 3 aromatic heterocycles. The zero-order valence-electron chi connectivity index (χ0n) is 31.1. The number of anilines is 2. The van der Waals surface area contributed by atoms with Crippen molar-refractivity contribution in [3.63, 3.8) is 0 Å². The first kappa shape index (κ1) is 37.6. The fraction of sp³-hybridized carbons (Fsp3) is 0.486. The Morgan fingerprint density at radius 1 is 0.980 bits per heavy atom. The molecule has 5 rings (SSSR count). The molecule has 2 amide bonds. The first-order valence-corrected chi connectivity index (χ1v) is 17.5. The molecule has 14 heteroatoms. The molecule has 0 unspecified atom stereocenters. The number of rotatable bonds is 6. The highest BCUT2D eigenvalue weighted by Gasteiger charge is 2.37. The molecule has 0 N–H and O–H groups in total. The molecule has 1 saturated heterocycles. The molecule has 1 fully saturated rings. The second-order valence-electron chi connectivity index (χ2n) is 14.7. The second kappa shape index (κ2) is 14.2. The number of carbonyl (C=O) groups excluding carboxylic acids is 2. The van der Waals surface area contributed by atoms with Gasteiger partial charge in [-0.05, 0) is 64.7 Å². The molecule has 0 saturated carbocycles. The van der Waals surface area contributed by atoms with Crippen LogP contribution >= 0.6 is 11.6 Å². The summed E-state index contributed by atoms with van der Waals surface area (Å²) >= 11 is 6.90. The number of aromatic nitrogens is 5. The van der Waals surface area contributed by atoms with Gasteiger partial charge < -0.3 is 14.5 Å². The highest BCUT2D eigenvalue weighted by molar-refractivity contribution is 6.33. The Morgan fingerprint density at radius 3 is 2.14 bits per heavy atom. The predicted molar refractivity (Wildman–Crippen MR) is 198 cm³/mol. The van der Waals surface area contributed by atoms with Crippen LogP contribution in [0.2, 0.25) is 5.02 Å². The van der Waals surface area contributed by atoms with Gasteiger partial charge in [0.1, 0.15) is 17.2 Å². The van der Waals surface area contributed by atoms with Crippen LogP contribution in [-0.2, 0) is 9.53 Å². The largest absolute Gasteiger partial charge is 0.444 e. The van der Waals surface area contributed by atoms with Crippen LogP contribution in [0.5, 0.6) is 0 Å². The van der Waals surface area contributed by atoms with Gasteiger partial charge in [0, 0.05) is 44.7 Å². The summed E-state index contributed by atoms with van der Waals surface area (Å²) in [4.78, 5) is 64.2. The first-order chi connectivity index (χ1) is 23.8. The Labute approximate surface area is 302 Å². The van der Waals surface area contributed by atoms with E-state index in [9.17, 15) is 14.4 Å². The molecule has 1 aliphatic heterocycles. The van der Waals surface area contributed by atoms with E-state index in [0.717, 1.165) is 0 Å². The maximum Gasteiger partial charge on any atom is 0.410 e. The molecular formula is C37H46ClFN8O4. The summed E-state index contributed by atoms with van der Waals surface area (Å²) in [6, 6.07) is 7.24. The van der Waals surface area contributed by atoms with Crippen molar-refractivity contribution in [3.05, 3.63) is 63.0 Å². The topological polar surface area (TPSA) is 127 Å². The third-order valence-electron chi connectivity index (χ3n) is 8.83. The fourth-order valence-corrected chi connectivity index (χ4v) is 6.42. The lowest BCUT2D eigenvalue weighted by Gasteiger charge is -2.44. The average Bonchev–Trinajstić information content (AvgIpc) is 3.03. The molecular weight excluding hydrogens is 675 g/mol. The van der Waals surface area contributed by atoms with E-state index in [0.29, 0.717) is 41.4 Å². The summed E-state index contributed by atoms with van der Waals surface area (Å²) in [6.45, 7) is 19.1. The minimum absolute atomic E-state index is 0.148. The van der Waals surface area contributed by atoms with Gasteiger partial charge in [-0.25, -0.2) is 33.5 Å². The van der Waals surface area contributed by atoms with Crippen molar-refractivity contribution >= 4 is 46.4 Å². The lowest BCUT2D eigenvalue weighted by molar-refractivity contribution is -0.116. The van der Waals surface area contributed by atoms with Gasteiger partial charge in [0.2, 0.25) is 11.9 Å². The van der Waals surface area contributed by atoms with E-state index in [1.807, 2.05) is 67.2 Å². The van der Waals surface area contributed by atoms with E-state index in [1.165, 1.54) is 22.5 Å². The Bertz CT molecular complexity index is 2030. The quantitative estimate of drug-likeness (QED) is 0.205. The molecule has 0 spiro atoms. The van der Waals surface area contributed by atoms with Crippen molar-refractivity contribution in [2.45, 2.75) is 98.8 Å². The minimum atomic E-state index is -0.662. The van der Waals surface area contributed by atoms with Gasteiger partial charge in [0.25, 0.3) is 0 Å². The smallest absolute Gasteiger partial charge is 0.410 e. The maximum absolute atomic E-state index is 15.3. The molecule has 1 aromatic carbocycles. The van der Waals surface area contributed by atoms with Gasteiger partial charge in [0.05, 0.1) is 33.2 Å². The molecule has 4 aromatic rings. The highest BCUT2D eigenvalue weighted by atomic mass is 35.5. The van der Waals surface area contributed by atoms with E-state index in [-0.39, 0.29) is 57.7 Å². The van der Waals surface area contributed by atoms with Gasteiger partial charge in [0.15, 0.2) is 5.65 Å². The number of hydrogen-bond acceptors (Lipinski definition) is 9. The van der Waals surface area contributed by atoms with E-state index >= 15 is 4.39 Å². The number of halogens is 2. The zero-order chi connectivity index (χ0) is 37.7. The first-order valence-electron chi connectivity index (χ1n) is 17.1. The van der Waals surface area contributed by atoms with Crippen LogP contribution < -0.4 is 15.5 Å². The van der Waals surface area contributed by atoms with Crippen LogP contribution in [0.15, 0.2) is 35.1 Å². The summed E-state index contributed by atoms with van der Waals surface area (Å²) < 4.78 is 22.3.